The molecule has 0 aromatic rings. The molecular formula is C11H23NOS. The molecule has 1 aliphatic rings. The van der Waals surface area contributed by atoms with Crippen molar-refractivity contribution in [1.82, 2.24) is 5.32 Å². The highest BCUT2D eigenvalue weighted by Gasteiger charge is 2.31. The molecule has 0 saturated heterocycles. The van der Waals surface area contributed by atoms with Crippen LogP contribution in [0.4, 0.5) is 0 Å². The van der Waals surface area contributed by atoms with Crippen LogP contribution in [0, 0.1) is 5.92 Å². The molecule has 1 rings (SSSR count). The predicted octanol–water partition coefficient (Wildman–Crippen LogP) is 1.88. The van der Waals surface area contributed by atoms with E-state index in [9.17, 15) is 5.11 Å². The molecule has 84 valence electrons. The smallest absolute Gasteiger partial charge is 0.0618 e. The van der Waals surface area contributed by atoms with E-state index < -0.39 is 0 Å². The lowest BCUT2D eigenvalue weighted by molar-refractivity contribution is 0.190. The summed E-state index contributed by atoms with van der Waals surface area (Å²) in [7, 11) is 0. The Morgan fingerprint density at radius 1 is 1.50 bits per heavy atom. The lowest BCUT2D eigenvalue weighted by Crippen LogP contribution is -2.49. The summed E-state index contributed by atoms with van der Waals surface area (Å²) < 4.78 is 0. The van der Waals surface area contributed by atoms with Gasteiger partial charge in [-0.1, -0.05) is 13.8 Å². The summed E-state index contributed by atoms with van der Waals surface area (Å²) in [5.74, 6) is 2.93. The Morgan fingerprint density at radius 3 is 2.57 bits per heavy atom. The third-order valence-corrected chi connectivity index (χ3v) is 4.09. The van der Waals surface area contributed by atoms with Crippen molar-refractivity contribution < 1.29 is 5.11 Å². The van der Waals surface area contributed by atoms with Crippen LogP contribution in [-0.4, -0.2) is 34.8 Å². The molecule has 0 aromatic heterocycles. The highest BCUT2D eigenvalue weighted by Crippen LogP contribution is 2.24. The zero-order valence-electron chi connectivity index (χ0n) is 9.55. The highest BCUT2D eigenvalue weighted by atomic mass is 32.2. The monoisotopic (exact) mass is 217 g/mol. The van der Waals surface area contributed by atoms with Crippen LogP contribution in [0.1, 0.15) is 33.6 Å². The van der Waals surface area contributed by atoms with Crippen molar-refractivity contribution in [2.24, 2.45) is 5.92 Å². The van der Waals surface area contributed by atoms with Crippen molar-refractivity contribution in [3.05, 3.63) is 0 Å². The van der Waals surface area contributed by atoms with Crippen LogP contribution in [0.15, 0.2) is 0 Å². The molecule has 0 bridgehead atoms. The molecule has 3 heteroatoms. The molecule has 0 heterocycles. The third-order valence-electron chi connectivity index (χ3n) is 2.35. The zero-order chi connectivity index (χ0) is 10.6. The van der Waals surface area contributed by atoms with Gasteiger partial charge in [0.05, 0.1) is 6.61 Å². The van der Waals surface area contributed by atoms with Crippen molar-refractivity contribution in [1.29, 1.82) is 0 Å². The van der Waals surface area contributed by atoms with Gasteiger partial charge in [-0.25, -0.2) is 0 Å². The number of aliphatic hydroxyl groups is 1. The Labute approximate surface area is 91.9 Å². The van der Waals surface area contributed by atoms with Crippen LogP contribution >= 0.6 is 11.8 Å². The molecule has 1 aliphatic carbocycles. The first-order valence-electron chi connectivity index (χ1n) is 5.52. The average Bonchev–Trinajstić information content (AvgIpc) is 2.87. The van der Waals surface area contributed by atoms with E-state index in [-0.39, 0.29) is 12.1 Å². The molecule has 0 aromatic carbocycles. The summed E-state index contributed by atoms with van der Waals surface area (Å²) in [6.45, 7) is 6.84. The number of nitrogens with one attached hydrogen (secondary N) is 1. The molecule has 1 unspecified atom stereocenters. The van der Waals surface area contributed by atoms with Crippen LogP contribution in [0.3, 0.4) is 0 Å². The summed E-state index contributed by atoms with van der Waals surface area (Å²) in [6, 6.07) is 0.673. The van der Waals surface area contributed by atoms with Crippen LogP contribution in [0.2, 0.25) is 0 Å². The van der Waals surface area contributed by atoms with Crippen LogP contribution in [0.5, 0.6) is 0 Å². The minimum atomic E-state index is -0.0687. The molecule has 0 aliphatic heterocycles. The van der Waals surface area contributed by atoms with Gasteiger partial charge in [-0.05, 0) is 31.4 Å². The molecule has 1 saturated carbocycles. The van der Waals surface area contributed by atoms with Gasteiger partial charge in [0.1, 0.15) is 0 Å². The van der Waals surface area contributed by atoms with Crippen molar-refractivity contribution >= 4 is 11.8 Å². The van der Waals surface area contributed by atoms with Gasteiger partial charge in [-0.3, -0.25) is 0 Å². The standard InChI is InChI=1S/C11H23NOS/c1-9(2)6-14-8-11(3,7-13)12-10-4-5-10/h9-10,12-13H,4-8H2,1-3H3. The summed E-state index contributed by atoms with van der Waals surface area (Å²) in [4.78, 5) is 0. The van der Waals surface area contributed by atoms with Crippen LogP contribution in [0.25, 0.3) is 0 Å². The largest absolute Gasteiger partial charge is 0.394 e. The first kappa shape index (κ1) is 12.3. The van der Waals surface area contributed by atoms with Gasteiger partial charge < -0.3 is 10.4 Å². The lowest BCUT2D eigenvalue weighted by atomic mass is 10.1. The molecule has 1 fully saturated rings. The van der Waals surface area contributed by atoms with E-state index in [1.165, 1.54) is 18.6 Å². The lowest BCUT2D eigenvalue weighted by Gasteiger charge is -2.28. The first-order chi connectivity index (χ1) is 6.56. The first-order valence-corrected chi connectivity index (χ1v) is 6.67. The second-order valence-corrected chi connectivity index (χ2v) is 6.08. The maximum atomic E-state index is 9.35. The number of thioether (sulfide) groups is 1. The van der Waals surface area contributed by atoms with E-state index in [0.717, 1.165) is 11.7 Å². The normalized spacial score (nSPS) is 21.2. The fraction of sp³-hybridized carbons (Fsp3) is 1.00. The Hall–Kier alpha value is 0.270. The maximum absolute atomic E-state index is 9.35. The van der Waals surface area contributed by atoms with Gasteiger partial charge in [0.15, 0.2) is 0 Å². The Kier molecular flexibility index (Phi) is 4.74. The highest BCUT2D eigenvalue weighted by molar-refractivity contribution is 7.99. The topological polar surface area (TPSA) is 32.3 Å². The summed E-state index contributed by atoms with van der Waals surface area (Å²) in [5, 5.41) is 12.9. The summed E-state index contributed by atoms with van der Waals surface area (Å²) in [6.07, 6.45) is 2.56. The number of aliphatic hydroxyl groups excluding tert-OH is 1. The third kappa shape index (κ3) is 4.67. The fourth-order valence-electron chi connectivity index (χ4n) is 1.37. The Bertz CT molecular complexity index is 171. The zero-order valence-corrected chi connectivity index (χ0v) is 10.4. The van der Waals surface area contributed by atoms with Crippen molar-refractivity contribution in [3.8, 4) is 0 Å². The van der Waals surface area contributed by atoms with E-state index >= 15 is 0 Å². The Morgan fingerprint density at radius 2 is 2.14 bits per heavy atom. The van der Waals surface area contributed by atoms with Crippen molar-refractivity contribution in [2.75, 3.05) is 18.1 Å². The van der Waals surface area contributed by atoms with E-state index in [1.807, 2.05) is 11.8 Å². The molecule has 2 N–H and O–H groups in total. The van der Waals surface area contributed by atoms with Crippen LogP contribution < -0.4 is 5.32 Å². The quantitative estimate of drug-likeness (QED) is 0.683. The van der Waals surface area contributed by atoms with E-state index in [4.69, 9.17) is 0 Å². The fourth-order valence-corrected chi connectivity index (χ4v) is 2.59. The van der Waals surface area contributed by atoms with Crippen LogP contribution in [-0.2, 0) is 0 Å². The number of hydrogen-bond acceptors (Lipinski definition) is 3. The molecule has 0 spiro atoms. The predicted molar refractivity (Wildman–Crippen MR) is 63.8 cm³/mol. The van der Waals surface area contributed by atoms with Gasteiger partial charge in [-0.15, -0.1) is 0 Å². The second-order valence-electron chi connectivity index (χ2n) is 5.05. The number of hydrogen-bond donors (Lipinski definition) is 2. The number of rotatable bonds is 7. The summed E-state index contributed by atoms with van der Waals surface area (Å²) in [5.41, 5.74) is -0.0687. The SMILES string of the molecule is CC(C)CSCC(C)(CO)NC1CC1. The molecule has 0 radical (unpaired) electrons. The van der Waals surface area contributed by atoms with Crippen molar-refractivity contribution in [3.63, 3.8) is 0 Å². The molecular weight excluding hydrogens is 194 g/mol. The molecule has 1 atom stereocenters. The average molecular weight is 217 g/mol. The van der Waals surface area contributed by atoms with Gasteiger partial charge in [0.2, 0.25) is 0 Å². The second kappa shape index (κ2) is 5.38. The minimum Gasteiger partial charge on any atom is -0.394 e. The van der Waals surface area contributed by atoms with E-state index in [2.05, 4.69) is 26.1 Å². The van der Waals surface area contributed by atoms with E-state index in [0.29, 0.717) is 6.04 Å². The van der Waals surface area contributed by atoms with Gasteiger partial charge in [0, 0.05) is 17.3 Å². The van der Waals surface area contributed by atoms with Gasteiger partial charge >= 0.3 is 0 Å². The molecule has 0 amide bonds. The minimum absolute atomic E-state index is 0.0687. The van der Waals surface area contributed by atoms with Gasteiger partial charge in [-0.2, -0.15) is 11.8 Å². The summed E-state index contributed by atoms with van der Waals surface area (Å²) >= 11 is 1.94. The van der Waals surface area contributed by atoms with Crippen molar-refractivity contribution in [2.45, 2.75) is 45.2 Å². The molecule has 2 nitrogen and oxygen atoms in total. The Balaban J connectivity index is 2.20. The van der Waals surface area contributed by atoms with E-state index in [1.54, 1.807) is 0 Å². The maximum Gasteiger partial charge on any atom is 0.0618 e. The van der Waals surface area contributed by atoms with Gasteiger partial charge in [0.25, 0.3) is 0 Å². The molecule has 14 heavy (non-hydrogen) atoms.